The van der Waals surface area contributed by atoms with Crippen LogP contribution in [0.3, 0.4) is 0 Å². The van der Waals surface area contributed by atoms with E-state index < -0.39 is 5.60 Å². The lowest BCUT2D eigenvalue weighted by Gasteiger charge is -2.24. The van der Waals surface area contributed by atoms with Crippen LogP contribution in [-0.2, 0) is 12.0 Å². The van der Waals surface area contributed by atoms with Crippen LogP contribution in [0.25, 0.3) is 0 Å². The van der Waals surface area contributed by atoms with Gasteiger partial charge in [-0.3, -0.25) is 0 Å². The maximum atomic E-state index is 13.0. The highest BCUT2D eigenvalue weighted by molar-refractivity contribution is 5.75. The van der Waals surface area contributed by atoms with Gasteiger partial charge in [-0.1, -0.05) is 36.4 Å². The highest BCUT2D eigenvalue weighted by atomic mass is 19.1. The SMILES string of the molecule is C[C@](O)(CNC(=O)N[C@@H]1[C@@H]2Cc3ccccc3[C@H]21)c1ccc(F)cc1. The lowest BCUT2D eigenvalue weighted by molar-refractivity contribution is 0.0593. The Hall–Kier alpha value is -2.40. The maximum absolute atomic E-state index is 13.0. The molecule has 4 rings (SSSR count). The third kappa shape index (κ3) is 3.00. The van der Waals surface area contributed by atoms with Gasteiger partial charge in [0.05, 0.1) is 6.54 Å². The van der Waals surface area contributed by atoms with E-state index in [0.717, 1.165) is 6.42 Å². The van der Waals surface area contributed by atoms with Gasteiger partial charge < -0.3 is 15.7 Å². The molecule has 0 aromatic heterocycles. The van der Waals surface area contributed by atoms with Crippen LogP contribution in [-0.4, -0.2) is 23.7 Å². The second kappa shape index (κ2) is 5.85. The fraction of sp³-hybridized carbons (Fsp3) is 0.350. The topological polar surface area (TPSA) is 61.4 Å². The van der Waals surface area contributed by atoms with Crippen molar-refractivity contribution in [2.24, 2.45) is 5.92 Å². The zero-order valence-electron chi connectivity index (χ0n) is 14.0. The minimum atomic E-state index is -1.25. The summed E-state index contributed by atoms with van der Waals surface area (Å²) in [5.41, 5.74) is 2.04. The van der Waals surface area contributed by atoms with Crippen LogP contribution in [0.15, 0.2) is 48.5 Å². The fourth-order valence-corrected chi connectivity index (χ4v) is 3.91. The van der Waals surface area contributed by atoms with Crippen molar-refractivity contribution in [3.05, 3.63) is 71.0 Å². The van der Waals surface area contributed by atoms with E-state index in [2.05, 4.69) is 28.8 Å². The van der Waals surface area contributed by atoms with Gasteiger partial charge in [0.2, 0.25) is 0 Å². The van der Waals surface area contributed by atoms with Crippen molar-refractivity contribution in [2.45, 2.75) is 30.9 Å². The Morgan fingerprint density at radius 2 is 1.96 bits per heavy atom. The van der Waals surface area contributed by atoms with Gasteiger partial charge in [-0.05, 0) is 48.1 Å². The molecule has 4 nitrogen and oxygen atoms in total. The van der Waals surface area contributed by atoms with Crippen molar-refractivity contribution in [3.63, 3.8) is 0 Å². The molecule has 0 aliphatic heterocycles. The molecule has 130 valence electrons. The Labute approximate surface area is 146 Å². The van der Waals surface area contributed by atoms with Crippen molar-refractivity contribution in [3.8, 4) is 0 Å². The van der Waals surface area contributed by atoms with Gasteiger partial charge in [0.25, 0.3) is 0 Å². The quantitative estimate of drug-likeness (QED) is 0.801. The van der Waals surface area contributed by atoms with Crippen molar-refractivity contribution >= 4 is 6.03 Å². The first-order valence-corrected chi connectivity index (χ1v) is 8.56. The molecule has 1 fully saturated rings. The van der Waals surface area contributed by atoms with Crippen molar-refractivity contribution in [1.82, 2.24) is 10.6 Å². The number of rotatable bonds is 4. The summed E-state index contributed by atoms with van der Waals surface area (Å²) in [5.74, 6) is 0.547. The average molecular weight is 340 g/mol. The van der Waals surface area contributed by atoms with E-state index in [1.165, 1.54) is 35.4 Å². The van der Waals surface area contributed by atoms with E-state index in [1.807, 2.05) is 6.07 Å². The molecule has 1 saturated carbocycles. The van der Waals surface area contributed by atoms with Crippen LogP contribution in [0.5, 0.6) is 0 Å². The minimum absolute atomic E-state index is 0.0586. The molecule has 0 bridgehead atoms. The van der Waals surface area contributed by atoms with Crippen LogP contribution in [0.4, 0.5) is 9.18 Å². The third-order valence-corrected chi connectivity index (χ3v) is 5.40. The molecule has 0 spiro atoms. The summed E-state index contributed by atoms with van der Waals surface area (Å²) in [6, 6.07) is 13.9. The van der Waals surface area contributed by atoms with Gasteiger partial charge in [-0.15, -0.1) is 0 Å². The van der Waals surface area contributed by atoms with Crippen LogP contribution in [0, 0.1) is 11.7 Å². The largest absolute Gasteiger partial charge is 0.384 e. The van der Waals surface area contributed by atoms with Crippen LogP contribution in [0.2, 0.25) is 0 Å². The molecule has 5 heteroatoms. The van der Waals surface area contributed by atoms with E-state index in [4.69, 9.17) is 0 Å². The Balaban J connectivity index is 1.31. The maximum Gasteiger partial charge on any atom is 0.315 e. The van der Waals surface area contributed by atoms with Gasteiger partial charge in [0.15, 0.2) is 0 Å². The first-order chi connectivity index (χ1) is 12.0. The van der Waals surface area contributed by atoms with Crippen LogP contribution in [0.1, 0.15) is 29.5 Å². The number of halogens is 1. The molecule has 0 heterocycles. The Morgan fingerprint density at radius 1 is 1.24 bits per heavy atom. The number of aliphatic hydroxyl groups is 1. The van der Waals surface area contributed by atoms with E-state index in [-0.39, 0.29) is 24.4 Å². The number of carbonyl (C=O) groups excluding carboxylic acids is 1. The number of urea groups is 1. The molecule has 2 aliphatic carbocycles. The molecule has 3 N–H and O–H groups in total. The Bertz CT molecular complexity index is 804. The smallest absolute Gasteiger partial charge is 0.315 e. The molecule has 2 aromatic carbocycles. The van der Waals surface area contributed by atoms with E-state index in [1.54, 1.807) is 6.92 Å². The van der Waals surface area contributed by atoms with E-state index >= 15 is 0 Å². The molecule has 2 aromatic rings. The molecule has 0 saturated heterocycles. The summed E-state index contributed by atoms with van der Waals surface area (Å²) in [6.07, 6.45) is 1.01. The molecular formula is C20H21FN2O2. The number of nitrogens with one attached hydrogen (secondary N) is 2. The predicted octanol–water partition coefficient (Wildman–Crippen LogP) is 2.67. The molecule has 2 aliphatic rings. The zero-order chi connectivity index (χ0) is 17.6. The third-order valence-electron chi connectivity index (χ3n) is 5.40. The number of carbonyl (C=O) groups is 1. The van der Waals surface area contributed by atoms with Crippen LogP contribution < -0.4 is 10.6 Å². The second-order valence-corrected chi connectivity index (χ2v) is 7.23. The van der Waals surface area contributed by atoms with Gasteiger partial charge in [-0.2, -0.15) is 0 Å². The second-order valence-electron chi connectivity index (χ2n) is 7.23. The summed E-state index contributed by atoms with van der Waals surface area (Å²) in [7, 11) is 0. The molecule has 2 amide bonds. The fourth-order valence-electron chi connectivity index (χ4n) is 3.91. The lowest BCUT2D eigenvalue weighted by atomic mass is 9.96. The van der Waals surface area contributed by atoms with Crippen molar-refractivity contribution < 1.29 is 14.3 Å². The monoisotopic (exact) mass is 340 g/mol. The number of benzene rings is 2. The highest BCUT2D eigenvalue weighted by Crippen LogP contribution is 2.56. The summed E-state index contributed by atoms with van der Waals surface area (Å²) >= 11 is 0. The minimum Gasteiger partial charge on any atom is -0.384 e. The summed E-state index contributed by atoms with van der Waals surface area (Å²) in [5, 5.41) is 16.2. The molecule has 0 radical (unpaired) electrons. The Kier molecular flexibility index (Phi) is 3.76. The lowest BCUT2D eigenvalue weighted by Crippen LogP contribution is -2.44. The number of hydrogen-bond acceptors (Lipinski definition) is 2. The highest BCUT2D eigenvalue weighted by Gasteiger charge is 2.56. The van der Waals surface area contributed by atoms with Crippen LogP contribution >= 0.6 is 0 Å². The van der Waals surface area contributed by atoms with Crippen molar-refractivity contribution in [1.29, 1.82) is 0 Å². The molecule has 4 atom stereocenters. The zero-order valence-corrected chi connectivity index (χ0v) is 14.0. The van der Waals surface area contributed by atoms with E-state index in [0.29, 0.717) is 17.4 Å². The number of fused-ring (bicyclic) bond motifs is 3. The van der Waals surface area contributed by atoms with Gasteiger partial charge in [0.1, 0.15) is 11.4 Å². The molecular weight excluding hydrogens is 319 g/mol. The summed E-state index contributed by atoms with van der Waals surface area (Å²) < 4.78 is 13.0. The average Bonchev–Trinajstić information content (AvgIpc) is 3.10. The normalized spacial score (nSPS) is 25.5. The summed E-state index contributed by atoms with van der Waals surface area (Å²) in [6.45, 7) is 1.66. The number of hydrogen-bond donors (Lipinski definition) is 3. The van der Waals surface area contributed by atoms with Crippen molar-refractivity contribution in [2.75, 3.05) is 6.54 Å². The standard InChI is InChI=1S/C20H21FN2O2/c1-20(25,13-6-8-14(21)9-7-13)11-22-19(24)23-18-16-10-12-4-2-3-5-15(12)17(16)18/h2-9,16-18,25H,10-11H2,1H3,(H2,22,23,24)/t16-,17-,18-,20+/m1/s1. The van der Waals surface area contributed by atoms with Gasteiger partial charge in [0, 0.05) is 12.0 Å². The summed E-state index contributed by atoms with van der Waals surface area (Å²) in [4.78, 5) is 12.2. The first kappa shape index (κ1) is 16.1. The molecule has 0 unspecified atom stereocenters. The number of amides is 2. The first-order valence-electron chi connectivity index (χ1n) is 8.56. The van der Waals surface area contributed by atoms with E-state index in [9.17, 15) is 14.3 Å². The Morgan fingerprint density at radius 3 is 2.72 bits per heavy atom. The predicted molar refractivity (Wildman–Crippen MR) is 92.7 cm³/mol. The van der Waals surface area contributed by atoms with Gasteiger partial charge >= 0.3 is 6.03 Å². The molecule has 25 heavy (non-hydrogen) atoms. The van der Waals surface area contributed by atoms with Gasteiger partial charge in [-0.25, -0.2) is 9.18 Å².